The van der Waals surface area contributed by atoms with Crippen molar-refractivity contribution >= 4 is 23.6 Å². The van der Waals surface area contributed by atoms with Gasteiger partial charge in [0.2, 0.25) is 5.91 Å². The predicted molar refractivity (Wildman–Crippen MR) is 100 cm³/mol. The number of rotatable bonds is 15. The van der Waals surface area contributed by atoms with Gasteiger partial charge in [-0.25, -0.2) is 0 Å². The number of hydrogen-bond acceptors (Lipinski definition) is 4. The molecule has 5 nitrogen and oxygen atoms in total. The van der Waals surface area contributed by atoms with Gasteiger partial charge in [0.25, 0.3) is 0 Å². The first-order chi connectivity index (χ1) is 15.9. The number of hydrogen-bond donors (Lipinski definition) is 2. The van der Waals surface area contributed by atoms with Crippen LogP contribution in [0.15, 0.2) is 0 Å². The molecule has 2 N–H and O–H groups in total. The maximum atomic E-state index is 13.8. The van der Waals surface area contributed by atoms with E-state index in [2.05, 4.69) is 5.32 Å². The fourth-order valence-corrected chi connectivity index (χ4v) is 3.55. The molecule has 0 saturated carbocycles. The van der Waals surface area contributed by atoms with Gasteiger partial charge in [0.05, 0.1) is 11.7 Å². The van der Waals surface area contributed by atoms with Gasteiger partial charge in [-0.05, 0) is 27.1 Å². The zero-order valence-corrected chi connectivity index (χ0v) is 19.2. The van der Waals surface area contributed by atoms with E-state index in [9.17, 15) is 66.7 Å². The number of carboxylic acid groups (broad SMARTS) is 1. The number of amides is 1. The Morgan fingerprint density at radius 2 is 1.31 bits per heavy atom. The van der Waals surface area contributed by atoms with Crippen LogP contribution in [0, 0.1) is 0 Å². The molecule has 0 saturated heterocycles. The molecule has 0 bridgehead atoms. The fraction of sp³-hybridized carbons (Fsp3) is 0.882. The summed E-state index contributed by atoms with van der Waals surface area (Å²) >= 11 is -0.0839. The standard InChI is InChI=1S/C17H21F13N2O3S/c1-32(2)6-3-5-31-11(35)9(8-10(33)34)36-7-4-12(18,19)13(20,21)14(22,23)15(24,25)16(26,27)17(28,29)30/h9H,3-8H2,1-2H3,(H,31,35)(H,33,34). The molecule has 36 heavy (non-hydrogen) atoms. The van der Waals surface area contributed by atoms with Crippen molar-refractivity contribution < 1.29 is 71.8 Å². The van der Waals surface area contributed by atoms with Crippen LogP contribution >= 0.6 is 11.8 Å². The van der Waals surface area contributed by atoms with Gasteiger partial charge in [-0.3, -0.25) is 9.59 Å². The lowest BCUT2D eigenvalue weighted by atomic mass is 9.93. The van der Waals surface area contributed by atoms with Crippen molar-refractivity contribution in [2.75, 3.05) is 32.9 Å². The van der Waals surface area contributed by atoms with E-state index < -0.39 is 71.5 Å². The van der Waals surface area contributed by atoms with Gasteiger partial charge in [-0.15, -0.1) is 11.8 Å². The van der Waals surface area contributed by atoms with Gasteiger partial charge in [-0.2, -0.15) is 57.1 Å². The zero-order valence-electron chi connectivity index (χ0n) is 18.4. The molecule has 0 radical (unpaired) electrons. The second-order valence-electron chi connectivity index (χ2n) is 7.65. The van der Waals surface area contributed by atoms with Crippen LogP contribution in [0.5, 0.6) is 0 Å². The molecule has 0 aromatic rings. The number of alkyl halides is 13. The third kappa shape index (κ3) is 7.44. The molecule has 0 aromatic heterocycles. The normalized spacial score (nSPS) is 15.2. The maximum Gasteiger partial charge on any atom is 0.460 e. The third-order valence-electron chi connectivity index (χ3n) is 4.47. The number of carbonyl (C=O) groups excluding carboxylic acids is 1. The van der Waals surface area contributed by atoms with Crippen molar-refractivity contribution in [2.45, 2.75) is 60.3 Å². The zero-order chi connectivity index (χ0) is 29.0. The van der Waals surface area contributed by atoms with E-state index in [-0.39, 0.29) is 18.3 Å². The molecular formula is C17H21F13N2O3S. The molecule has 1 unspecified atom stereocenters. The second kappa shape index (κ2) is 11.8. The fourth-order valence-electron chi connectivity index (χ4n) is 2.40. The van der Waals surface area contributed by atoms with Crippen molar-refractivity contribution in [1.82, 2.24) is 10.2 Å². The van der Waals surface area contributed by atoms with Gasteiger partial charge in [0.15, 0.2) is 0 Å². The van der Waals surface area contributed by atoms with E-state index in [1.807, 2.05) is 0 Å². The molecule has 0 heterocycles. The summed E-state index contributed by atoms with van der Waals surface area (Å²) in [6.45, 7) is 0.404. The molecule has 1 amide bonds. The van der Waals surface area contributed by atoms with Crippen LogP contribution < -0.4 is 5.32 Å². The van der Waals surface area contributed by atoms with Gasteiger partial charge in [0, 0.05) is 18.7 Å². The Bertz CT molecular complexity index is 761. The molecule has 0 aliphatic heterocycles. The van der Waals surface area contributed by atoms with Crippen molar-refractivity contribution in [3.63, 3.8) is 0 Å². The highest BCUT2D eigenvalue weighted by molar-refractivity contribution is 8.00. The largest absolute Gasteiger partial charge is 0.481 e. The topological polar surface area (TPSA) is 69.6 Å². The highest BCUT2D eigenvalue weighted by Crippen LogP contribution is 2.60. The summed E-state index contributed by atoms with van der Waals surface area (Å²) in [4.78, 5) is 24.6. The number of nitrogens with zero attached hydrogens (tertiary/aromatic N) is 1. The minimum absolute atomic E-state index is 0.0450. The quantitative estimate of drug-likeness (QED) is 0.216. The van der Waals surface area contributed by atoms with Crippen LogP contribution in [0.3, 0.4) is 0 Å². The van der Waals surface area contributed by atoms with Crippen molar-refractivity contribution in [1.29, 1.82) is 0 Å². The smallest absolute Gasteiger partial charge is 0.460 e. The average Bonchev–Trinajstić information content (AvgIpc) is 2.68. The van der Waals surface area contributed by atoms with Crippen LogP contribution in [0.25, 0.3) is 0 Å². The van der Waals surface area contributed by atoms with E-state index in [0.29, 0.717) is 13.0 Å². The van der Waals surface area contributed by atoms with Gasteiger partial charge >= 0.3 is 41.8 Å². The highest BCUT2D eigenvalue weighted by atomic mass is 32.2. The van der Waals surface area contributed by atoms with Crippen molar-refractivity contribution in [3.8, 4) is 0 Å². The monoisotopic (exact) mass is 580 g/mol. The lowest BCUT2D eigenvalue weighted by Crippen LogP contribution is -2.70. The van der Waals surface area contributed by atoms with Gasteiger partial charge in [0.1, 0.15) is 0 Å². The van der Waals surface area contributed by atoms with Crippen LogP contribution in [0.2, 0.25) is 0 Å². The summed E-state index contributed by atoms with van der Waals surface area (Å²) < 4.78 is 170. The maximum absolute atomic E-state index is 13.8. The first kappa shape index (κ1) is 34.3. The van der Waals surface area contributed by atoms with Crippen LogP contribution in [0.4, 0.5) is 57.1 Å². The Balaban J connectivity index is 5.58. The minimum atomic E-state index is -7.99. The third-order valence-corrected chi connectivity index (χ3v) is 5.69. The molecule has 214 valence electrons. The summed E-state index contributed by atoms with van der Waals surface area (Å²) in [5.41, 5.74) is 0. The Hall–Kier alpha value is -1.66. The molecule has 0 aliphatic rings. The molecule has 0 aromatic carbocycles. The summed E-state index contributed by atoms with van der Waals surface area (Å²) in [7, 11) is 3.34. The Morgan fingerprint density at radius 1 is 0.833 bits per heavy atom. The van der Waals surface area contributed by atoms with E-state index >= 15 is 0 Å². The number of carbonyl (C=O) groups is 2. The summed E-state index contributed by atoms with van der Waals surface area (Å²) in [6.07, 6.45) is -10.7. The average molecular weight is 580 g/mol. The number of nitrogens with one attached hydrogen (secondary N) is 1. The molecule has 1 atom stereocenters. The van der Waals surface area contributed by atoms with Gasteiger partial charge < -0.3 is 15.3 Å². The van der Waals surface area contributed by atoms with E-state index in [1.54, 1.807) is 19.0 Å². The van der Waals surface area contributed by atoms with Crippen molar-refractivity contribution in [3.05, 3.63) is 0 Å². The van der Waals surface area contributed by atoms with Crippen LogP contribution in [-0.4, -0.2) is 95.9 Å². The van der Waals surface area contributed by atoms with Gasteiger partial charge in [-0.1, -0.05) is 0 Å². The Labute approximate surface area is 199 Å². The molecule has 0 fully saturated rings. The molecule has 19 heteroatoms. The van der Waals surface area contributed by atoms with Crippen LogP contribution in [0.1, 0.15) is 19.3 Å². The lowest BCUT2D eigenvalue weighted by molar-refractivity contribution is -0.439. The number of aliphatic carboxylic acids is 1. The summed E-state index contributed by atoms with van der Waals surface area (Å²) in [5, 5.41) is 9.24. The Morgan fingerprint density at radius 3 is 1.72 bits per heavy atom. The van der Waals surface area contributed by atoms with E-state index in [4.69, 9.17) is 5.11 Å². The first-order valence-electron chi connectivity index (χ1n) is 9.58. The number of halogens is 13. The van der Waals surface area contributed by atoms with Crippen LogP contribution in [-0.2, 0) is 9.59 Å². The van der Waals surface area contributed by atoms with E-state index in [1.165, 1.54) is 0 Å². The highest BCUT2D eigenvalue weighted by Gasteiger charge is 2.90. The summed E-state index contributed by atoms with van der Waals surface area (Å²) in [6, 6.07) is 0. The Kier molecular flexibility index (Phi) is 11.3. The molecule has 0 rings (SSSR count). The SMILES string of the molecule is CN(C)CCCNC(=O)C(CC(=O)O)SCCC(F)(F)C(F)(F)C(F)(F)C(F)(F)C(F)(F)C(F)(F)F. The molecular weight excluding hydrogens is 559 g/mol. The predicted octanol–water partition coefficient (Wildman–Crippen LogP) is 4.76. The second-order valence-corrected chi connectivity index (χ2v) is 8.97. The number of carboxylic acids is 1. The first-order valence-corrected chi connectivity index (χ1v) is 10.6. The lowest BCUT2D eigenvalue weighted by Gasteiger charge is -2.39. The van der Waals surface area contributed by atoms with Crippen molar-refractivity contribution in [2.24, 2.45) is 0 Å². The molecule has 0 spiro atoms. The minimum Gasteiger partial charge on any atom is -0.481 e. The van der Waals surface area contributed by atoms with E-state index in [0.717, 1.165) is 0 Å². The summed E-state index contributed by atoms with van der Waals surface area (Å²) in [5.74, 6) is -41.6. The number of thioether (sulfide) groups is 1. The molecule has 0 aliphatic carbocycles.